The van der Waals surface area contributed by atoms with Gasteiger partial charge in [0.2, 0.25) is 0 Å². The predicted molar refractivity (Wildman–Crippen MR) is 85.6 cm³/mol. The zero-order valence-electron chi connectivity index (χ0n) is 13.3. The summed E-state index contributed by atoms with van der Waals surface area (Å²) in [7, 11) is 1.32. The molecule has 2 aromatic rings. The maximum atomic E-state index is 11.4. The normalized spacial score (nSPS) is 12.5. The second-order valence-electron chi connectivity index (χ2n) is 6.13. The second-order valence-corrected chi connectivity index (χ2v) is 6.13. The number of methoxy groups -OCH3 is 1. The van der Waals surface area contributed by atoms with Gasteiger partial charge in [0.1, 0.15) is 5.82 Å². The van der Waals surface area contributed by atoms with Gasteiger partial charge in [-0.1, -0.05) is 51.1 Å². The van der Waals surface area contributed by atoms with E-state index in [0.717, 1.165) is 0 Å². The first kappa shape index (κ1) is 15.9. The summed E-state index contributed by atoms with van der Waals surface area (Å²) in [6.07, 6.45) is 2.97. The molecule has 0 fully saturated rings. The summed E-state index contributed by atoms with van der Waals surface area (Å²) in [6, 6.07) is 10.3. The Labute approximate surface area is 130 Å². The molecule has 5 heteroatoms. The van der Waals surface area contributed by atoms with Crippen molar-refractivity contribution in [3.05, 3.63) is 54.0 Å². The first-order valence-electron chi connectivity index (χ1n) is 7.13. The third-order valence-electron chi connectivity index (χ3n) is 3.34. The van der Waals surface area contributed by atoms with Gasteiger partial charge in [0.25, 0.3) is 0 Å². The lowest BCUT2D eigenvalue weighted by Gasteiger charge is -2.32. The number of hydrogen-bond acceptors (Lipinski definition) is 5. The van der Waals surface area contributed by atoms with Crippen LogP contribution in [0.25, 0.3) is 0 Å². The molecule has 0 saturated carbocycles. The highest BCUT2D eigenvalue weighted by molar-refractivity contribution is 5.86. The Morgan fingerprint density at radius 1 is 1.14 bits per heavy atom. The van der Waals surface area contributed by atoms with Crippen molar-refractivity contribution in [1.82, 2.24) is 9.97 Å². The average Bonchev–Trinajstić information content (AvgIpc) is 2.52. The van der Waals surface area contributed by atoms with Gasteiger partial charge in [-0.2, -0.15) is 0 Å². The molecule has 1 unspecified atom stereocenters. The summed E-state index contributed by atoms with van der Waals surface area (Å²) in [5.74, 6) is 0.130. The topological polar surface area (TPSA) is 64.1 Å². The number of nitrogens with zero attached hydrogens (tertiary/aromatic N) is 2. The molecule has 1 N–H and O–H groups in total. The van der Waals surface area contributed by atoms with Crippen molar-refractivity contribution >= 4 is 11.8 Å². The van der Waals surface area contributed by atoms with Crippen molar-refractivity contribution in [2.45, 2.75) is 26.8 Å². The van der Waals surface area contributed by atoms with Crippen LogP contribution in [-0.4, -0.2) is 23.0 Å². The molecule has 0 radical (unpaired) electrons. The van der Waals surface area contributed by atoms with Gasteiger partial charge in [-0.05, 0) is 11.0 Å². The van der Waals surface area contributed by atoms with Crippen LogP contribution in [0.1, 0.15) is 42.9 Å². The van der Waals surface area contributed by atoms with Crippen molar-refractivity contribution in [3.8, 4) is 0 Å². The van der Waals surface area contributed by atoms with E-state index in [0.29, 0.717) is 5.82 Å². The fraction of sp³-hybridized carbons (Fsp3) is 0.353. The first-order chi connectivity index (χ1) is 10.4. The molecule has 1 aromatic carbocycles. The molecule has 1 heterocycles. The molecule has 1 atom stereocenters. The zero-order chi connectivity index (χ0) is 16.2. The Morgan fingerprint density at radius 2 is 1.82 bits per heavy atom. The number of aromatic nitrogens is 2. The van der Waals surface area contributed by atoms with Gasteiger partial charge in [0, 0.05) is 0 Å². The minimum Gasteiger partial charge on any atom is -0.464 e. The number of hydrogen-bond donors (Lipinski definition) is 1. The number of anilines is 1. The summed E-state index contributed by atoms with van der Waals surface area (Å²) in [5.41, 5.74) is 1.36. The van der Waals surface area contributed by atoms with Crippen LogP contribution >= 0.6 is 0 Å². The molecule has 2 rings (SSSR count). The average molecular weight is 299 g/mol. The van der Waals surface area contributed by atoms with Crippen molar-refractivity contribution < 1.29 is 9.53 Å². The van der Waals surface area contributed by atoms with Gasteiger partial charge in [-0.3, -0.25) is 0 Å². The number of nitrogens with one attached hydrogen (secondary N) is 1. The second kappa shape index (κ2) is 6.56. The third kappa shape index (κ3) is 3.81. The SMILES string of the molecule is COC(=O)c1cnc(NC(c2ccccc2)C(C)(C)C)cn1. The van der Waals surface area contributed by atoms with E-state index in [4.69, 9.17) is 0 Å². The first-order valence-corrected chi connectivity index (χ1v) is 7.13. The molecule has 0 saturated heterocycles. The maximum absolute atomic E-state index is 11.4. The summed E-state index contributed by atoms with van der Waals surface area (Å²) in [4.78, 5) is 19.7. The molecule has 22 heavy (non-hydrogen) atoms. The van der Waals surface area contributed by atoms with Gasteiger partial charge >= 0.3 is 5.97 Å². The summed E-state index contributed by atoms with van der Waals surface area (Å²) in [6.45, 7) is 6.48. The summed E-state index contributed by atoms with van der Waals surface area (Å²) < 4.78 is 4.62. The van der Waals surface area contributed by atoms with Crippen LogP contribution in [0.15, 0.2) is 42.7 Å². The Morgan fingerprint density at radius 3 is 2.32 bits per heavy atom. The van der Waals surface area contributed by atoms with E-state index >= 15 is 0 Å². The van der Waals surface area contributed by atoms with Crippen LogP contribution in [0.2, 0.25) is 0 Å². The van der Waals surface area contributed by atoms with Crippen LogP contribution in [0.3, 0.4) is 0 Å². The van der Waals surface area contributed by atoms with Crippen LogP contribution < -0.4 is 5.32 Å². The van der Waals surface area contributed by atoms with E-state index in [-0.39, 0.29) is 17.2 Å². The zero-order valence-corrected chi connectivity index (χ0v) is 13.3. The van der Waals surface area contributed by atoms with Crippen molar-refractivity contribution in [2.24, 2.45) is 5.41 Å². The number of benzene rings is 1. The van der Waals surface area contributed by atoms with Gasteiger partial charge in [-0.15, -0.1) is 0 Å². The molecule has 5 nitrogen and oxygen atoms in total. The maximum Gasteiger partial charge on any atom is 0.358 e. The quantitative estimate of drug-likeness (QED) is 0.876. The molecular formula is C17H21N3O2. The van der Waals surface area contributed by atoms with Gasteiger partial charge in [-0.25, -0.2) is 14.8 Å². The summed E-state index contributed by atoms with van der Waals surface area (Å²) in [5, 5.41) is 3.39. The number of rotatable bonds is 4. The molecule has 0 spiro atoms. The highest BCUT2D eigenvalue weighted by atomic mass is 16.5. The van der Waals surface area contributed by atoms with Crippen molar-refractivity contribution in [2.75, 3.05) is 12.4 Å². The Kier molecular flexibility index (Phi) is 4.75. The predicted octanol–water partition coefficient (Wildman–Crippen LogP) is 3.46. The minimum absolute atomic E-state index is 0.00987. The molecular weight excluding hydrogens is 278 g/mol. The Hall–Kier alpha value is -2.43. The standard InChI is InChI=1S/C17H21N3O2/c1-17(2,3)15(12-8-6-5-7-9-12)20-14-11-18-13(10-19-14)16(21)22-4/h5-11,15H,1-4H3,(H,19,20). The van der Waals surface area contributed by atoms with Gasteiger partial charge < -0.3 is 10.1 Å². The van der Waals surface area contributed by atoms with Crippen LogP contribution in [-0.2, 0) is 4.74 Å². The number of carbonyl (C=O) groups excluding carboxylic acids is 1. The van der Waals surface area contributed by atoms with Gasteiger partial charge in [0.05, 0.1) is 25.5 Å². The van der Waals surface area contributed by atoms with Crippen molar-refractivity contribution in [3.63, 3.8) is 0 Å². The molecule has 0 amide bonds. The molecule has 0 aliphatic rings. The molecule has 0 aliphatic carbocycles. The molecule has 0 bridgehead atoms. The molecule has 1 aromatic heterocycles. The van der Waals surface area contributed by atoms with E-state index in [2.05, 4.69) is 52.9 Å². The van der Waals surface area contributed by atoms with Crippen LogP contribution in [0.4, 0.5) is 5.82 Å². The van der Waals surface area contributed by atoms with E-state index in [1.807, 2.05) is 18.2 Å². The highest BCUT2D eigenvalue weighted by Gasteiger charge is 2.26. The van der Waals surface area contributed by atoms with E-state index in [1.54, 1.807) is 6.20 Å². The number of esters is 1. The number of ether oxygens (including phenoxy) is 1. The third-order valence-corrected chi connectivity index (χ3v) is 3.34. The van der Waals surface area contributed by atoms with Crippen LogP contribution in [0, 0.1) is 5.41 Å². The number of carbonyl (C=O) groups is 1. The minimum atomic E-state index is -0.491. The lowest BCUT2D eigenvalue weighted by Crippen LogP contribution is -2.26. The lowest BCUT2D eigenvalue weighted by molar-refractivity contribution is 0.0593. The van der Waals surface area contributed by atoms with E-state index in [1.165, 1.54) is 18.9 Å². The molecule has 0 aliphatic heterocycles. The Balaban J connectivity index is 2.23. The van der Waals surface area contributed by atoms with Crippen molar-refractivity contribution in [1.29, 1.82) is 0 Å². The van der Waals surface area contributed by atoms with E-state index < -0.39 is 5.97 Å². The fourth-order valence-corrected chi connectivity index (χ4v) is 2.21. The monoisotopic (exact) mass is 299 g/mol. The molecule has 116 valence electrons. The summed E-state index contributed by atoms with van der Waals surface area (Å²) >= 11 is 0. The van der Waals surface area contributed by atoms with Gasteiger partial charge in [0.15, 0.2) is 5.69 Å². The lowest BCUT2D eigenvalue weighted by atomic mass is 9.82. The van der Waals surface area contributed by atoms with E-state index in [9.17, 15) is 4.79 Å². The largest absolute Gasteiger partial charge is 0.464 e. The smallest absolute Gasteiger partial charge is 0.358 e. The Bertz CT molecular complexity index is 619. The highest BCUT2D eigenvalue weighted by Crippen LogP contribution is 2.35. The van der Waals surface area contributed by atoms with Crippen LogP contribution in [0.5, 0.6) is 0 Å². The fourth-order valence-electron chi connectivity index (χ4n) is 2.21.